The maximum Gasteiger partial charge on any atom is 0.284 e. The molecule has 0 spiro atoms. The van der Waals surface area contributed by atoms with Gasteiger partial charge in [-0.2, -0.15) is 0 Å². The molecule has 3 N–H and O–H groups in total. The first kappa shape index (κ1) is 14.0. The van der Waals surface area contributed by atoms with E-state index in [1.165, 1.54) is 0 Å². The minimum Gasteiger partial charge on any atom is -0.389 e. The summed E-state index contributed by atoms with van der Waals surface area (Å²) in [6.45, 7) is 0.776. The Morgan fingerprint density at radius 3 is 3.19 bits per heavy atom. The number of carbonyl (C=O) groups excluding carboxylic acids is 2. The van der Waals surface area contributed by atoms with Crippen molar-refractivity contribution >= 4 is 17.9 Å². The number of rotatable bonds is 4. The molecule has 1 aromatic carbocycles. The quantitative estimate of drug-likeness (QED) is 0.543. The van der Waals surface area contributed by atoms with Gasteiger partial charge in [-0.15, -0.1) is 0 Å². The summed E-state index contributed by atoms with van der Waals surface area (Å²) in [4.78, 5) is 21.1. The summed E-state index contributed by atoms with van der Waals surface area (Å²) >= 11 is 0. The Bertz CT molecular complexity index is 561. The standard InChI is InChI=1S/C15H18N2O4/c18-7-15(20)16-4-3-9-1-2-11-10(5-9)14-6-12(17-11)13(19)8-21-14/h1-2,5,7,12-14,17,19H,3-4,6,8H2,(H,16,20)/t12-,13+,14-/m0/s1. The fraction of sp³-hybridized carbons (Fsp3) is 0.467. The highest BCUT2D eigenvalue weighted by molar-refractivity contribution is 6.23. The molecule has 112 valence electrons. The lowest BCUT2D eigenvalue weighted by Gasteiger charge is -2.40. The second-order valence-electron chi connectivity index (χ2n) is 5.46. The molecule has 6 nitrogen and oxygen atoms in total. The van der Waals surface area contributed by atoms with Crippen LogP contribution in [0.2, 0.25) is 0 Å². The number of fused-ring (bicyclic) bond motifs is 4. The molecule has 1 aromatic rings. The second-order valence-corrected chi connectivity index (χ2v) is 5.46. The fourth-order valence-electron chi connectivity index (χ4n) is 2.90. The van der Waals surface area contributed by atoms with Crippen molar-refractivity contribution in [3.05, 3.63) is 29.3 Å². The van der Waals surface area contributed by atoms with Crippen LogP contribution in [0.3, 0.4) is 0 Å². The number of anilines is 1. The number of hydrogen-bond donors (Lipinski definition) is 3. The van der Waals surface area contributed by atoms with E-state index in [-0.39, 0.29) is 18.4 Å². The molecule has 0 radical (unpaired) electrons. The maximum absolute atomic E-state index is 10.9. The largest absolute Gasteiger partial charge is 0.389 e. The minimum absolute atomic E-state index is 0.0131. The first-order valence-electron chi connectivity index (χ1n) is 7.09. The van der Waals surface area contributed by atoms with E-state index in [0.717, 1.165) is 23.2 Å². The molecule has 21 heavy (non-hydrogen) atoms. The average molecular weight is 290 g/mol. The van der Waals surface area contributed by atoms with Gasteiger partial charge in [0, 0.05) is 24.2 Å². The van der Waals surface area contributed by atoms with Gasteiger partial charge in [0.1, 0.15) is 0 Å². The van der Waals surface area contributed by atoms with E-state index in [9.17, 15) is 14.7 Å². The zero-order chi connectivity index (χ0) is 14.8. The molecule has 1 amide bonds. The van der Waals surface area contributed by atoms with Gasteiger partial charge < -0.3 is 20.5 Å². The minimum atomic E-state index is -0.595. The fourth-order valence-corrected chi connectivity index (χ4v) is 2.90. The molecule has 3 rings (SSSR count). The van der Waals surface area contributed by atoms with Crippen molar-refractivity contribution < 1.29 is 19.4 Å². The van der Waals surface area contributed by atoms with Crippen LogP contribution in [-0.2, 0) is 20.7 Å². The molecule has 0 aromatic heterocycles. The summed E-state index contributed by atoms with van der Waals surface area (Å²) in [5, 5.41) is 15.7. The molecule has 2 bridgehead atoms. The summed E-state index contributed by atoms with van der Waals surface area (Å²) in [6.07, 6.45) is 1.25. The van der Waals surface area contributed by atoms with E-state index >= 15 is 0 Å². The molecule has 0 saturated carbocycles. The first-order chi connectivity index (χ1) is 10.2. The number of aliphatic hydroxyl groups is 1. The Hall–Kier alpha value is -1.92. The van der Waals surface area contributed by atoms with Crippen LogP contribution in [0.4, 0.5) is 5.69 Å². The molecule has 2 heterocycles. The topological polar surface area (TPSA) is 87.7 Å². The van der Waals surface area contributed by atoms with Crippen LogP contribution in [0.5, 0.6) is 0 Å². The third-order valence-electron chi connectivity index (χ3n) is 4.02. The second kappa shape index (κ2) is 5.83. The molecule has 2 aliphatic heterocycles. The van der Waals surface area contributed by atoms with Gasteiger partial charge in [-0.3, -0.25) is 9.59 Å². The number of ether oxygens (including phenoxy) is 1. The Morgan fingerprint density at radius 2 is 2.38 bits per heavy atom. The van der Waals surface area contributed by atoms with Gasteiger partial charge in [-0.25, -0.2) is 0 Å². The van der Waals surface area contributed by atoms with E-state index in [4.69, 9.17) is 4.74 Å². The van der Waals surface area contributed by atoms with Gasteiger partial charge >= 0.3 is 0 Å². The Labute approximate surface area is 122 Å². The highest BCUT2D eigenvalue weighted by Crippen LogP contribution is 2.39. The Morgan fingerprint density at radius 1 is 1.52 bits per heavy atom. The third-order valence-corrected chi connectivity index (χ3v) is 4.02. The number of benzene rings is 1. The van der Waals surface area contributed by atoms with Gasteiger partial charge in [0.15, 0.2) is 0 Å². The highest BCUT2D eigenvalue weighted by Gasteiger charge is 2.36. The van der Waals surface area contributed by atoms with E-state index in [1.54, 1.807) is 0 Å². The normalized spacial score (nSPS) is 26.4. The molecular weight excluding hydrogens is 272 g/mol. The van der Waals surface area contributed by atoms with Crippen molar-refractivity contribution in [1.29, 1.82) is 0 Å². The lowest BCUT2D eigenvalue weighted by atomic mass is 9.89. The zero-order valence-corrected chi connectivity index (χ0v) is 11.5. The van der Waals surface area contributed by atoms with Crippen LogP contribution >= 0.6 is 0 Å². The van der Waals surface area contributed by atoms with Crippen molar-refractivity contribution in [1.82, 2.24) is 5.32 Å². The smallest absolute Gasteiger partial charge is 0.284 e. The zero-order valence-electron chi connectivity index (χ0n) is 11.5. The van der Waals surface area contributed by atoms with Gasteiger partial charge in [-0.1, -0.05) is 12.1 Å². The molecule has 2 aliphatic rings. The van der Waals surface area contributed by atoms with Gasteiger partial charge in [0.05, 0.1) is 24.9 Å². The van der Waals surface area contributed by atoms with E-state index < -0.39 is 12.0 Å². The lowest BCUT2D eigenvalue weighted by Crippen LogP contribution is -2.46. The highest BCUT2D eigenvalue weighted by atomic mass is 16.5. The number of aldehydes is 1. The van der Waals surface area contributed by atoms with E-state index in [2.05, 4.69) is 16.7 Å². The van der Waals surface area contributed by atoms with E-state index in [0.29, 0.717) is 19.6 Å². The number of hydrogen-bond acceptors (Lipinski definition) is 5. The van der Waals surface area contributed by atoms with Crippen LogP contribution in [0.1, 0.15) is 23.7 Å². The average Bonchev–Trinajstić information content (AvgIpc) is 2.51. The summed E-state index contributed by atoms with van der Waals surface area (Å²) in [7, 11) is 0. The van der Waals surface area contributed by atoms with Crippen LogP contribution in [0.25, 0.3) is 0 Å². The molecule has 0 unspecified atom stereocenters. The number of amides is 1. The third kappa shape index (κ3) is 2.91. The molecule has 3 atom stereocenters. The Kier molecular flexibility index (Phi) is 3.90. The summed E-state index contributed by atoms with van der Waals surface area (Å²) in [5.41, 5.74) is 3.17. The number of nitrogens with one attached hydrogen (secondary N) is 2. The molecule has 6 heteroatoms. The van der Waals surface area contributed by atoms with Crippen molar-refractivity contribution in [3.63, 3.8) is 0 Å². The van der Waals surface area contributed by atoms with Crippen molar-refractivity contribution in [3.8, 4) is 0 Å². The molecule has 1 fully saturated rings. The first-order valence-corrected chi connectivity index (χ1v) is 7.09. The lowest BCUT2D eigenvalue weighted by molar-refractivity contribution is -0.131. The van der Waals surface area contributed by atoms with Crippen molar-refractivity contribution in [2.24, 2.45) is 0 Å². The molecular formula is C15H18N2O4. The summed E-state index contributed by atoms with van der Waals surface area (Å²) in [6, 6.07) is 6.07. The molecule has 0 aliphatic carbocycles. The van der Waals surface area contributed by atoms with Crippen molar-refractivity contribution in [2.75, 3.05) is 18.5 Å². The predicted octanol–water partition coefficient (Wildman–Crippen LogP) is 0.161. The molecule has 1 saturated heterocycles. The van der Waals surface area contributed by atoms with Crippen LogP contribution < -0.4 is 10.6 Å². The summed E-state index contributed by atoms with van der Waals surface area (Å²) < 4.78 is 5.70. The van der Waals surface area contributed by atoms with Gasteiger partial charge in [0.25, 0.3) is 5.91 Å². The monoisotopic (exact) mass is 290 g/mol. The van der Waals surface area contributed by atoms with Crippen LogP contribution in [-0.4, -0.2) is 42.6 Å². The van der Waals surface area contributed by atoms with Gasteiger partial charge in [0.2, 0.25) is 6.29 Å². The predicted molar refractivity (Wildman–Crippen MR) is 75.9 cm³/mol. The summed E-state index contributed by atoms with van der Waals surface area (Å²) in [5.74, 6) is -0.595. The van der Waals surface area contributed by atoms with Crippen molar-refractivity contribution in [2.45, 2.75) is 31.1 Å². The number of aliphatic hydroxyl groups excluding tert-OH is 1. The number of carbonyl (C=O) groups is 2. The van der Waals surface area contributed by atoms with Crippen LogP contribution in [0.15, 0.2) is 18.2 Å². The van der Waals surface area contributed by atoms with Crippen LogP contribution in [0, 0.1) is 0 Å². The van der Waals surface area contributed by atoms with E-state index in [1.807, 2.05) is 12.1 Å². The SMILES string of the molecule is O=CC(=O)NCCc1ccc2c(c1)[C@@H]1C[C@H](N2)[C@H](O)CO1. The van der Waals surface area contributed by atoms with Gasteiger partial charge in [-0.05, 0) is 18.1 Å². The Balaban J connectivity index is 1.70. The maximum atomic E-state index is 10.9.